The van der Waals surface area contributed by atoms with E-state index in [0.29, 0.717) is 5.92 Å². The summed E-state index contributed by atoms with van der Waals surface area (Å²) in [5.41, 5.74) is 3.41. The second-order valence-electron chi connectivity index (χ2n) is 6.68. The number of imidazole rings is 1. The lowest BCUT2D eigenvalue weighted by atomic mass is 9.97. The summed E-state index contributed by atoms with van der Waals surface area (Å²) in [5, 5.41) is 7.96. The maximum absolute atomic E-state index is 5.97. The second-order valence-corrected chi connectivity index (χ2v) is 6.68. The molecule has 1 N–H and O–H groups in total. The lowest BCUT2D eigenvalue weighted by molar-refractivity contribution is 0.0903. The van der Waals surface area contributed by atoms with Crippen LogP contribution in [-0.2, 0) is 24.9 Å². The minimum absolute atomic E-state index is 0.147. The van der Waals surface area contributed by atoms with Gasteiger partial charge in [0.25, 0.3) is 0 Å². The Bertz CT molecular complexity index is 852. The Hall–Kier alpha value is -2.18. The zero-order valence-electron chi connectivity index (χ0n) is 14.9. The van der Waals surface area contributed by atoms with Crippen molar-refractivity contribution in [3.8, 4) is 0 Å². The van der Waals surface area contributed by atoms with Gasteiger partial charge in [0.15, 0.2) is 0 Å². The Balaban J connectivity index is 1.39. The van der Waals surface area contributed by atoms with E-state index in [1.54, 1.807) is 0 Å². The van der Waals surface area contributed by atoms with E-state index in [-0.39, 0.29) is 6.10 Å². The van der Waals surface area contributed by atoms with Gasteiger partial charge < -0.3 is 14.6 Å². The van der Waals surface area contributed by atoms with Crippen molar-refractivity contribution in [3.63, 3.8) is 0 Å². The maximum atomic E-state index is 5.97. The molecule has 0 saturated carbocycles. The SMILES string of the molecule is CCn1cc([C@@H]2OCC[C@@H]2CNCc2nc3ccccc3n2C)cn1. The third-order valence-corrected chi connectivity index (χ3v) is 5.09. The molecule has 25 heavy (non-hydrogen) atoms. The summed E-state index contributed by atoms with van der Waals surface area (Å²) < 4.78 is 10.1. The Morgan fingerprint density at radius 1 is 1.32 bits per heavy atom. The number of ether oxygens (including phenoxy) is 1. The first-order chi connectivity index (χ1) is 12.3. The van der Waals surface area contributed by atoms with Gasteiger partial charge in [0.2, 0.25) is 0 Å². The summed E-state index contributed by atoms with van der Waals surface area (Å²) in [4.78, 5) is 4.72. The number of hydrogen-bond donors (Lipinski definition) is 1. The number of aryl methyl sites for hydroxylation is 2. The van der Waals surface area contributed by atoms with Gasteiger partial charge in [0.1, 0.15) is 5.82 Å². The Morgan fingerprint density at radius 3 is 3.00 bits per heavy atom. The minimum atomic E-state index is 0.147. The van der Waals surface area contributed by atoms with Gasteiger partial charge in [-0.05, 0) is 25.5 Å². The van der Waals surface area contributed by atoms with Crippen LogP contribution in [0.4, 0.5) is 0 Å². The van der Waals surface area contributed by atoms with Gasteiger partial charge in [-0.2, -0.15) is 5.10 Å². The van der Waals surface area contributed by atoms with E-state index in [0.717, 1.165) is 44.0 Å². The van der Waals surface area contributed by atoms with Crippen molar-refractivity contribution in [2.45, 2.75) is 32.5 Å². The number of hydrogen-bond acceptors (Lipinski definition) is 4. The third-order valence-electron chi connectivity index (χ3n) is 5.09. The molecule has 0 unspecified atom stereocenters. The van der Waals surface area contributed by atoms with E-state index < -0.39 is 0 Å². The predicted molar refractivity (Wildman–Crippen MR) is 97.1 cm³/mol. The van der Waals surface area contributed by atoms with Crippen LogP contribution in [0.1, 0.15) is 30.8 Å². The molecule has 1 aliphatic rings. The second kappa shape index (κ2) is 6.98. The van der Waals surface area contributed by atoms with E-state index in [1.807, 2.05) is 16.9 Å². The van der Waals surface area contributed by atoms with Crippen molar-refractivity contribution in [1.82, 2.24) is 24.6 Å². The molecule has 3 heterocycles. The van der Waals surface area contributed by atoms with E-state index in [4.69, 9.17) is 9.72 Å². The molecule has 132 valence electrons. The average molecular weight is 339 g/mol. The Kier molecular flexibility index (Phi) is 4.55. The smallest absolute Gasteiger partial charge is 0.123 e. The van der Waals surface area contributed by atoms with E-state index in [2.05, 4.69) is 53.3 Å². The molecule has 3 aromatic rings. The quantitative estimate of drug-likeness (QED) is 0.750. The van der Waals surface area contributed by atoms with Crippen molar-refractivity contribution in [2.24, 2.45) is 13.0 Å². The van der Waals surface area contributed by atoms with Crippen molar-refractivity contribution in [3.05, 3.63) is 48.0 Å². The number of aromatic nitrogens is 4. The molecular weight excluding hydrogens is 314 g/mol. The number of benzene rings is 1. The lowest BCUT2D eigenvalue weighted by Crippen LogP contribution is -2.25. The average Bonchev–Trinajstić information content (AvgIpc) is 3.35. The fourth-order valence-corrected chi connectivity index (χ4v) is 3.63. The van der Waals surface area contributed by atoms with Crippen LogP contribution < -0.4 is 5.32 Å². The van der Waals surface area contributed by atoms with E-state index in [1.165, 1.54) is 11.1 Å². The molecule has 1 saturated heterocycles. The molecular formula is C19H25N5O. The molecule has 0 radical (unpaired) electrons. The van der Waals surface area contributed by atoms with Gasteiger partial charge in [-0.3, -0.25) is 4.68 Å². The van der Waals surface area contributed by atoms with Crippen molar-refractivity contribution in [1.29, 1.82) is 0 Å². The number of para-hydroxylation sites is 2. The maximum Gasteiger partial charge on any atom is 0.123 e. The Morgan fingerprint density at radius 2 is 2.20 bits per heavy atom. The summed E-state index contributed by atoms with van der Waals surface area (Å²) in [5.74, 6) is 1.54. The highest BCUT2D eigenvalue weighted by molar-refractivity contribution is 5.75. The van der Waals surface area contributed by atoms with Gasteiger partial charge in [-0.1, -0.05) is 12.1 Å². The highest BCUT2D eigenvalue weighted by Crippen LogP contribution is 2.33. The normalized spacial score (nSPS) is 20.6. The number of fused-ring (bicyclic) bond motifs is 1. The highest BCUT2D eigenvalue weighted by atomic mass is 16.5. The van der Waals surface area contributed by atoms with Crippen LogP contribution in [0.15, 0.2) is 36.7 Å². The highest BCUT2D eigenvalue weighted by Gasteiger charge is 2.30. The van der Waals surface area contributed by atoms with Gasteiger partial charge >= 0.3 is 0 Å². The third kappa shape index (κ3) is 3.19. The monoisotopic (exact) mass is 339 g/mol. The summed E-state index contributed by atoms with van der Waals surface area (Å²) in [6, 6.07) is 8.25. The molecule has 2 atom stereocenters. The van der Waals surface area contributed by atoms with Crippen LogP contribution in [0, 0.1) is 5.92 Å². The molecule has 0 bridgehead atoms. The molecule has 1 aromatic carbocycles. The molecule has 6 heteroatoms. The topological polar surface area (TPSA) is 56.9 Å². The molecule has 2 aromatic heterocycles. The van der Waals surface area contributed by atoms with Gasteiger partial charge in [0, 0.05) is 44.4 Å². The molecule has 0 aliphatic carbocycles. The van der Waals surface area contributed by atoms with Crippen LogP contribution >= 0.6 is 0 Å². The van der Waals surface area contributed by atoms with Crippen LogP contribution in [0.5, 0.6) is 0 Å². The zero-order chi connectivity index (χ0) is 17.2. The summed E-state index contributed by atoms with van der Waals surface area (Å²) >= 11 is 0. The molecule has 0 spiro atoms. The predicted octanol–water partition coefficient (Wildman–Crippen LogP) is 2.66. The van der Waals surface area contributed by atoms with Gasteiger partial charge in [-0.25, -0.2) is 4.98 Å². The summed E-state index contributed by atoms with van der Waals surface area (Å²) in [7, 11) is 2.08. The first-order valence-electron chi connectivity index (χ1n) is 9.01. The molecule has 1 aliphatic heterocycles. The first kappa shape index (κ1) is 16.3. The van der Waals surface area contributed by atoms with Gasteiger partial charge in [-0.15, -0.1) is 0 Å². The van der Waals surface area contributed by atoms with Crippen molar-refractivity contribution in [2.75, 3.05) is 13.2 Å². The summed E-state index contributed by atoms with van der Waals surface area (Å²) in [6.45, 7) is 5.50. The zero-order valence-corrected chi connectivity index (χ0v) is 14.9. The Labute approximate surface area is 147 Å². The molecule has 6 nitrogen and oxygen atoms in total. The van der Waals surface area contributed by atoms with Crippen molar-refractivity contribution >= 4 is 11.0 Å². The van der Waals surface area contributed by atoms with Crippen LogP contribution in [0.3, 0.4) is 0 Å². The molecule has 0 amide bonds. The number of nitrogens with zero attached hydrogens (tertiary/aromatic N) is 4. The fourth-order valence-electron chi connectivity index (χ4n) is 3.63. The van der Waals surface area contributed by atoms with Crippen molar-refractivity contribution < 1.29 is 4.74 Å². The van der Waals surface area contributed by atoms with E-state index >= 15 is 0 Å². The lowest BCUT2D eigenvalue weighted by Gasteiger charge is -2.17. The summed E-state index contributed by atoms with van der Waals surface area (Å²) in [6.07, 6.45) is 5.28. The first-order valence-corrected chi connectivity index (χ1v) is 9.01. The van der Waals surface area contributed by atoms with E-state index in [9.17, 15) is 0 Å². The van der Waals surface area contributed by atoms with Crippen LogP contribution in [0.25, 0.3) is 11.0 Å². The molecule has 4 rings (SSSR count). The van der Waals surface area contributed by atoms with Gasteiger partial charge in [0.05, 0.1) is 29.9 Å². The fraction of sp³-hybridized carbons (Fsp3) is 0.474. The standard InChI is InChI=1S/C19H25N5O/c1-3-24-13-15(11-21-24)19-14(8-9-25-19)10-20-12-18-22-16-6-4-5-7-17(16)23(18)2/h4-7,11,13-14,19-20H,3,8-10,12H2,1-2H3/t14-,19-/m1/s1. The number of rotatable bonds is 6. The largest absolute Gasteiger partial charge is 0.373 e. The van der Waals surface area contributed by atoms with Crippen LogP contribution in [-0.4, -0.2) is 32.5 Å². The minimum Gasteiger partial charge on any atom is -0.373 e. The van der Waals surface area contributed by atoms with Crippen LogP contribution in [0.2, 0.25) is 0 Å². The number of nitrogens with one attached hydrogen (secondary N) is 1. The molecule has 1 fully saturated rings.